The SMILES string of the molecule is Cc1cc(Cl)cc(Oc2ccc(C#N)cc2S(=O)(=O)N2CCC(NC(=O)NCCN3CCC(F)CC3)CC2)c1. The molecule has 2 N–H and O–H groups in total. The van der Waals surface area contributed by atoms with Crippen molar-refractivity contribution >= 4 is 27.7 Å². The molecule has 2 heterocycles. The van der Waals surface area contributed by atoms with Crippen molar-refractivity contribution in [3.63, 3.8) is 0 Å². The highest BCUT2D eigenvalue weighted by molar-refractivity contribution is 7.89. The van der Waals surface area contributed by atoms with Gasteiger partial charge in [0.25, 0.3) is 0 Å². The van der Waals surface area contributed by atoms with Crippen LogP contribution in [0.4, 0.5) is 9.18 Å². The second-order valence-electron chi connectivity index (χ2n) is 9.93. The zero-order chi connectivity index (χ0) is 28.0. The van der Waals surface area contributed by atoms with Gasteiger partial charge in [-0.3, -0.25) is 0 Å². The van der Waals surface area contributed by atoms with Crippen molar-refractivity contribution in [1.82, 2.24) is 19.8 Å². The van der Waals surface area contributed by atoms with Crippen molar-refractivity contribution in [2.45, 2.75) is 49.7 Å². The number of urea groups is 1. The molecule has 0 saturated carbocycles. The van der Waals surface area contributed by atoms with Crippen molar-refractivity contribution in [3.05, 3.63) is 52.5 Å². The number of aryl methyl sites for hydroxylation is 1. The number of hydrogen-bond donors (Lipinski definition) is 2. The molecular weight excluding hydrogens is 545 g/mol. The van der Waals surface area contributed by atoms with Gasteiger partial charge in [-0.2, -0.15) is 9.57 Å². The van der Waals surface area contributed by atoms with Gasteiger partial charge in [0, 0.05) is 50.3 Å². The first-order valence-corrected chi connectivity index (χ1v) is 14.9. The Morgan fingerprint density at radius 1 is 1.13 bits per heavy atom. The van der Waals surface area contributed by atoms with E-state index in [4.69, 9.17) is 16.3 Å². The van der Waals surface area contributed by atoms with E-state index in [1.165, 1.54) is 22.5 Å². The van der Waals surface area contributed by atoms with E-state index in [0.717, 1.165) is 5.56 Å². The average molecular weight is 578 g/mol. The van der Waals surface area contributed by atoms with Gasteiger partial charge in [0.2, 0.25) is 10.0 Å². The van der Waals surface area contributed by atoms with Crippen molar-refractivity contribution in [2.24, 2.45) is 0 Å². The van der Waals surface area contributed by atoms with Gasteiger partial charge in [-0.15, -0.1) is 0 Å². The van der Waals surface area contributed by atoms with Crippen LogP contribution >= 0.6 is 11.6 Å². The molecule has 9 nitrogen and oxygen atoms in total. The van der Waals surface area contributed by atoms with E-state index in [9.17, 15) is 22.9 Å². The van der Waals surface area contributed by atoms with Crippen LogP contribution in [0.5, 0.6) is 11.5 Å². The van der Waals surface area contributed by atoms with Crippen LogP contribution in [-0.4, -0.2) is 75.1 Å². The normalized spacial score (nSPS) is 17.9. The molecule has 2 saturated heterocycles. The summed E-state index contributed by atoms with van der Waals surface area (Å²) in [6, 6.07) is 10.9. The monoisotopic (exact) mass is 577 g/mol. The molecule has 0 atom stereocenters. The predicted molar refractivity (Wildman–Crippen MR) is 146 cm³/mol. The first-order chi connectivity index (χ1) is 18.6. The van der Waals surface area contributed by atoms with Crippen molar-refractivity contribution in [3.8, 4) is 17.6 Å². The second kappa shape index (κ2) is 13.0. The molecule has 210 valence electrons. The van der Waals surface area contributed by atoms with Gasteiger partial charge in [-0.1, -0.05) is 11.6 Å². The Morgan fingerprint density at radius 2 is 1.85 bits per heavy atom. The minimum atomic E-state index is -3.98. The third kappa shape index (κ3) is 7.82. The maximum absolute atomic E-state index is 13.6. The summed E-state index contributed by atoms with van der Waals surface area (Å²) in [5.74, 6) is 0.494. The number of sulfonamides is 1. The number of piperidine rings is 2. The number of nitriles is 1. The van der Waals surface area contributed by atoms with Gasteiger partial charge < -0.3 is 20.3 Å². The maximum Gasteiger partial charge on any atom is 0.315 e. The van der Waals surface area contributed by atoms with Gasteiger partial charge in [0.1, 0.15) is 22.6 Å². The number of alkyl halides is 1. The van der Waals surface area contributed by atoms with Gasteiger partial charge in [-0.25, -0.2) is 17.6 Å². The highest BCUT2D eigenvalue weighted by atomic mass is 35.5. The Morgan fingerprint density at radius 3 is 2.51 bits per heavy atom. The highest BCUT2D eigenvalue weighted by Crippen LogP contribution is 2.34. The Bertz CT molecular complexity index is 1300. The smallest absolute Gasteiger partial charge is 0.315 e. The third-order valence-corrected chi connectivity index (χ3v) is 9.09. The number of hydrogen-bond acceptors (Lipinski definition) is 6. The number of halogens is 2. The second-order valence-corrected chi connectivity index (χ2v) is 12.3. The molecule has 2 fully saturated rings. The van der Waals surface area contributed by atoms with Crippen molar-refractivity contribution in [1.29, 1.82) is 5.26 Å². The Hall–Kier alpha value is -2.91. The quantitative estimate of drug-likeness (QED) is 0.486. The predicted octanol–water partition coefficient (Wildman–Crippen LogP) is 4.20. The number of carbonyl (C=O) groups excluding carboxylic acids is 1. The molecule has 2 aliphatic heterocycles. The average Bonchev–Trinajstić information content (AvgIpc) is 2.90. The molecule has 0 aliphatic carbocycles. The topological polar surface area (TPSA) is 115 Å². The van der Waals surface area contributed by atoms with E-state index in [0.29, 0.717) is 62.6 Å². The Kier molecular flexibility index (Phi) is 9.67. The van der Waals surface area contributed by atoms with E-state index in [1.54, 1.807) is 18.2 Å². The molecule has 4 rings (SSSR count). The first kappa shape index (κ1) is 29.1. The summed E-state index contributed by atoms with van der Waals surface area (Å²) < 4.78 is 47.8. The lowest BCUT2D eigenvalue weighted by molar-refractivity contribution is 0.151. The van der Waals surface area contributed by atoms with E-state index >= 15 is 0 Å². The number of amides is 2. The Labute approximate surface area is 233 Å². The fourth-order valence-electron chi connectivity index (χ4n) is 4.82. The zero-order valence-corrected chi connectivity index (χ0v) is 23.4. The molecule has 12 heteroatoms. The molecule has 0 unspecified atom stereocenters. The zero-order valence-electron chi connectivity index (χ0n) is 21.8. The number of nitrogens with one attached hydrogen (secondary N) is 2. The highest BCUT2D eigenvalue weighted by Gasteiger charge is 2.32. The van der Waals surface area contributed by atoms with Gasteiger partial charge in [0.15, 0.2) is 0 Å². The lowest BCUT2D eigenvalue weighted by atomic mass is 10.1. The molecule has 2 amide bonds. The van der Waals surface area contributed by atoms with Crippen LogP contribution in [-0.2, 0) is 10.0 Å². The summed E-state index contributed by atoms with van der Waals surface area (Å²) in [4.78, 5) is 14.4. The molecule has 0 radical (unpaired) electrons. The summed E-state index contributed by atoms with van der Waals surface area (Å²) >= 11 is 6.13. The van der Waals surface area contributed by atoms with Crippen LogP contribution in [0.2, 0.25) is 5.02 Å². The minimum Gasteiger partial charge on any atom is -0.456 e. The minimum absolute atomic E-state index is 0.0971. The van der Waals surface area contributed by atoms with Crippen molar-refractivity contribution in [2.75, 3.05) is 39.3 Å². The van der Waals surface area contributed by atoms with E-state index in [-0.39, 0.29) is 41.4 Å². The molecule has 0 aromatic heterocycles. The molecule has 0 bridgehead atoms. The molecule has 2 aromatic carbocycles. The standard InChI is InChI=1S/C27H33ClFN5O4S/c1-19-14-21(28)17-24(15-19)38-25-3-2-20(18-30)16-26(25)39(36,37)34-11-6-23(7-12-34)32-27(35)31-8-13-33-9-4-22(29)5-10-33/h2-3,14-17,22-23H,4-13H2,1H3,(H2,31,32,35). The summed E-state index contributed by atoms with van der Waals surface area (Å²) in [6.07, 6.45) is 1.22. The van der Waals surface area contributed by atoms with Gasteiger partial charge in [-0.05, 0) is 74.6 Å². The summed E-state index contributed by atoms with van der Waals surface area (Å²) in [7, 11) is -3.98. The van der Waals surface area contributed by atoms with Gasteiger partial charge >= 0.3 is 6.03 Å². The largest absolute Gasteiger partial charge is 0.456 e. The molecular formula is C27H33ClFN5O4S. The van der Waals surface area contributed by atoms with Crippen LogP contribution in [0.1, 0.15) is 36.8 Å². The van der Waals surface area contributed by atoms with Crippen LogP contribution < -0.4 is 15.4 Å². The van der Waals surface area contributed by atoms with Gasteiger partial charge in [0.05, 0.1) is 11.6 Å². The lowest BCUT2D eigenvalue weighted by Gasteiger charge is -2.32. The van der Waals surface area contributed by atoms with E-state index < -0.39 is 16.2 Å². The number of carbonyl (C=O) groups is 1. The summed E-state index contributed by atoms with van der Waals surface area (Å²) in [5.41, 5.74) is 1.06. The van der Waals surface area contributed by atoms with Crippen LogP contribution in [0.25, 0.3) is 0 Å². The molecule has 2 aromatic rings. The Balaban J connectivity index is 1.34. The van der Waals surface area contributed by atoms with Crippen LogP contribution in [0.3, 0.4) is 0 Å². The number of ether oxygens (including phenoxy) is 1. The summed E-state index contributed by atoms with van der Waals surface area (Å²) in [5, 5.41) is 15.6. The van der Waals surface area contributed by atoms with E-state index in [1.807, 2.05) is 13.0 Å². The number of likely N-dealkylation sites (tertiary alicyclic amines) is 1. The van der Waals surface area contributed by atoms with E-state index in [2.05, 4.69) is 15.5 Å². The molecule has 39 heavy (non-hydrogen) atoms. The number of nitrogens with zero attached hydrogens (tertiary/aromatic N) is 3. The number of rotatable bonds is 8. The van der Waals surface area contributed by atoms with Crippen LogP contribution in [0.15, 0.2) is 41.3 Å². The summed E-state index contributed by atoms with van der Waals surface area (Å²) in [6.45, 7) is 4.78. The first-order valence-electron chi connectivity index (χ1n) is 13.0. The van der Waals surface area contributed by atoms with Crippen molar-refractivity contribution < 1.29 is 22.3 Å². The maximum atomic E-state index is 13.6. The molecule has 0 spiro atoms. The fraction of sp³-hybridized carbons (Fsp3) is 0.481. The number of benzene rings is 2. The lowest BCUT2D eigenvalue weighted by Crippen LogP contribution is -2.50. The fourth-order valence-corrected chi connectivity index (χ4v) is 6.71. The molecule has 2 aliphatic rings. The van der Waals surface area contributed by atoms with Crippen LogP contribution in [0, 0.1) is 18.3 Å². The third-order valence-electron chi connectivity index (χ3n) is 6.95.